The van der Waals surface area contributed by atoms with E-state index in [0.717, 1.165) is 22.6 Å². The molecule has 5 aromatic rings. The molecule has 1 aliphatic rings. The first kappa shape index (κ1) is 25.8. The molecule has 0 spiro atoms. The van der Waals surface area contributed by atoms with Crippen molar-refractivity contribution in [3.8, 4) is 17.0 Å². The molecule has 0 unspecified atom stereocenters. The van der Waals surface area contributed by atoms with E-state index in [2.05, 4.69) is 20.6 Å². The minimum absolute atomic E-state index is 0.0685. The molecule has 0 fully saturated rings. The Kier molecular flexibility index (Phi) is 7.17. The number of hydrogen-bond acceptors (Lipinski definition) is 8. The number of carbonyl (C=O) groups is 2. The molecular weight excluding hydrogens is 534 g/mol. The number of hydrogen-bond donors (Lipinski definition) is 1. The summed E-state index contributed by atoms with van der Waals surface area (Å²) in [5.41, 5.74) is 7.71. The van der Waals surface area contributed by atoms with Crippen LogP contribution in [0.5, 0.6) is 5.75 Å². The second-order valence-corrected chi connectivity index (χ2v) is 9.86. The number of carbonyl (C=O) groups excluding carboxylic acids is 2. The van der Waals surface area contributed by atoms with Crippen LogP contribution in [0.3, 0.4) is 0 Å². The molecule has 1 N–H and O–H groups in total. The third-order valence-electron chi connectivity index (χ3n) is 6.41. The number of nitrogens with zero attached hydrogens (tertiary/aromatic N) is 4. The van der Waals surface area contributed by atoms with Gasteiger partial charge in [-0.05, 0) is 48.5 Å². The normalized spacial score (nSPS) is 13.8. The summed E-state index contributed by atoms with van der Waals surface area (Å²) in [6, 6.07) is 33.0. The molecule has 200 valence electrons. The SMILES string of the molecule is COc1ccc(-c2csc(N3N=C(c4ccccc4)C(=NNc4ccc(C(=O)c5ccccc5)cc4)C3=O)n2)cc1. The Labute approximate surface area is 240 Å². The highest BCUT2D eigenvalue weighted by Gasteiger charge is 2.35. The third kappa shape index (κ3) is 5.39. The summed E-state index contributed by atoms with van der Waals surface area (Å²) >= 11 is 1.32. The highest BCUT2D eigenvalue weighted by Crippen LogP contribution is 2.31. The fourth-order valence-corrected chi connectivity index (χ4v) is 5.02. The van der Waals surface area contributed by atoms with Crippen molar-refractivity contribution >= 4 is 45.3 Å². The molecule has 6 rings (SSSR count). The lowest BCUT2D eigenvalue weighted by atomic mass is 10.0. The zero-order valence-corrected chi connectivity index (χ0v) is 22.7. The van der Waals surface area contributed by atoms with Crippen molar-refractivity contribution in [2.75, 3.05) is 17.5 Å². The number of hydrazone groups is 2. The van der Waals surface area contributed by atoms with Gasteiger partial charge in [-0.15, -0.1) is 11.3 Å². The zero-order chi connectivity index (χ0) is 28.2. The summed E-state index contributed by atoms with van der Waals surface area (Å²) in [7, 11) is 1.62. The van der Waals surface area contributed by atoms with Crippen molar-refractivity contribution in [3.05, 3.63) is 131 Å². The van der Waals surface area contributed by atoms with Gasteiger partial charge in [-0.2, -0.15) is 15.2 Å². The van der Waals surface area contributed by atoms with Gasteiger partial charge in [-0.3, -0.25) is 15.0 Å². The number of thiazole rings is 1. The van der Waals surface area contributed by atoms with Crippen molar-refractivity contribution in [2.45, 2.75) is 0 Å². The fraction of sp³-hybridized carbons (Fsp3) is 0.0312. The molecule has 1 amide bonds. The fourth-order valence-electron chi connectivity index (χ4n) is 4.24. The first-order chi connectivity index (χ1) is 20.1. The van der Waals surface area contributed by atoms with Crippen LogP contribution in [0.25, 0.3) is 11.3 Å². The van der Waals surface area contributed by atoms with E-state index >= 15 is 0 Å². The van der Waals surface area contributed by atoms with E-state index in [4.69, 9.17) is 4.74 Å². The lowest BCUT2D eigenvalue weighted by molar-refractivity contribution is -0.112. The average Bonchev–Trinajstić information content (AvgIpc) is 3.65. The number of rotatable bonds is 8. The second-order valence-electron chi connectivity index (χ2n) is 9.02. The Morgan fingerprint density at radius 1 is 0.829 bits per heavy atom. The molecule has 0 saturated heterocycles. The lowest BCUT2D eigenvalue weighted by Gasteiger charge is -2.07. The maximum atomic E-state index is 13.6. The van der Waals surface area contributed by atoms with Crippen molar-refractivity contribution in [1.82, 2.24) is 4.98 Å². The smallest absolute Gasteiger partial charge is 0.303 e. The minimum atomic E-state index is -0.400. The Bertz CT molecular complexity index is 1760. The minimum Gasteiger partial charge on any atom is -0.497 e. The van der Waals surface area contributed by atoms with Gasteiger partial charge in [0.1, 0.15) is 11.5 Å². The second kappa shape index (κ2) is 11.4. The summed E-state index contributed by atoms with van der Waals surface area (Å²) in [5.74, 6) is 0.283. The molecule has 0 atom stereocenters. The molecule has 0 bridgehead atoms. The molecule has 9 heteroatoms. The highest BCUT2D eigenvalue weighted by atomic mass is 32.1. The molecule has 8 nitrogen and oxygen atoms in total. The molecule has 2 heterocycles. The maximum absolute atomic E-state index is 13.6. The van der Waals surface area contributed by atoms with Crippen LogP contribution in [0, 0.1) is 0 Å². The van der Waals surface area contributed by atoms with E-state index in [1.807, 2.05) is 78.2 Å². The maximum Gasteiger partial charge on any atom is 0.303 e. The zero-order valence-electron chi connectivity index (χ0n) is 21.9. The van der Waals surface area contributed by atoms with Crippen LogP contribution in [-0.4, -0.2) is 35.2 Å². The van der Waals surface area contributed by atoms with Crippen LogP contribution < -0.4 is 15.2 Å². The quantitative estimate of drug-likeness (QED) is 0.179. The van der Waals surface area contributed by atoms with Gasteiger partial charge in [0.05, 0.1) is 18.5 Å². The van der Waals surface area contributed by atoms with Crippen molar-refractivity contribution in [3.63, 3.8) is 0 Å². The standard InChI is InChI=1S/C32H23N5O3S/c1-40-26-18-14-21(15-19-26)27-20-41-32(33-27)37-31(39)29(28(36-37)22-8-4-2-5-9-22)35-34-25-16-12-24(13-17-25)30(38)23-10-6-3-7-11-23/h2-20,34H,1H3. The molecule has 1 aliphatic heterocycles. The van der Waals surface area contributed by atoms with Crippen LogP contribution in [0.15, 0.2) is 125 Å². The van der Waals surface area contributed by atoms with Gasteiger partial charge < -0.3 is 4.74 Å². The van der Waals surface area contributed by atoms with Gasteiger partial charge >= 0.3 is 5.91 Å². The average molecular weight is 558 g/mol. The van der Waals surface area contributed by atoms with Crippen LogP contribution in [-0.2, 0) is 4.79 Å². The predicted octanol–water partition coefficient (Wildman–Crippen LogP) is 6.27. The molecule has 41 heavy (non-hydrogen) atoms. The molecular formula is C32H23N5O3S. The van der Waals surface area contributed by atoms with Gasteiger partial charge in [-0.1, -0.05) is 60.7 Å². The van der Waals surface area contributed by atoms with Crippen LogP contribution in [0.4, 0.5) is 10.8 Å². The largest absolute Gasteiger partial charge is 0.497 e. The summed E-state index contributed by atoms with van der Waals surface area (Å²) in [6.45, 7) is 0. The first-order valence-corrected chi connectivity index (χ1v) is 13.6. The van der Waals surface area contributed by atoms with E-state index in [-0.39, 0.29) is 11.5 Å². The molecule has 0 radical (unpaired) electrons. The highest BCUT2D eigenvalue weighted by molar-refractivity contribution is 7.14. The molecule has 0 aliphatic carbocycles. The van der Waals surface area contributed by atoms with Crippen molar-refractivity contribution < 1.29 is 14.3 Å². The Morgan fingerprint density at radius 3 is 2.17 bits per heavy atom. The Morgan fingerprint density at radius 2 is 1.49 bits per heavy atom. The number of ether oxygens (including phenoxy) is 1. The van der Waals surface area contributed by atoms with Crippen LogP contribution in [0.1, 0.15) is 21.5 Å². The number of methoxy groups -OCH3 is 1. The predicted molar refractivity (Wildman–Crippen MR) is 162 cm³/mol. The first-order valence-electron chi connectivity index (χ1n) is 12.7. The van der Waals surface area contributed by atoms with E-state index in [9.17, 15) is 9.59 Å². The lowest BCUT2D eigenvalue weighted by Crippen LogP contribution is -2.28. The molecule has 4 aromatic carbocycles. The van der Waals surface area contributed by atoms with Gasteiger partial charge in [0.15, 0.2) is 11.5 Å². The number of anilines is 2. The summed E-state index contributed by atoms with van der Waals surface area (Å²) in [4.78, 5) is 31.0. The summed E-state index contributed by atoms with van der Waals surface area (Å²) < 4.78 is 5.24. The molecule has 1 aromatic heterocycles. The van der Waals surface area contributed by atoms with E-state index in [0.29, 0.717) is 27.7 Å². The number of nitrogens with one attached hydrogen (secondary N) is 1. The Hall–Kier alpha value is -5.41. The van der Waals surface area contributed by atoms with Crippen molar-refractivity contribution in [1.29, 1.82) is 0 Å². The summed E-state index contributed by atoms with van der Waals surface area (Å²) in [5, 5.41) is 12.7. The van der Waals surface area contributed by atoms with Gasteiger partial charge in [0, 0.05) is 27.6 Å². The number of ketones is 1. The van der Waals surface area contributed by atoms with E-state index in [1.165, 1.54) is 16.3 Å². The number of aromatic nitrogens is 1. The van der Waals surface area contributed by atoms with Crippen molar-refractivity contribution in [2.24, 2.45) is 10.2 Å². The summed E-state index contributed by atoms with van der Waals surface area (Å²) in [6.07, 6.45) is 0. The monoisotopic (exact) mass is 557 g/mol. The van der Waals surface area contributed by atoms with E-state index in [1.54, 1.807) is 43.5 Å². The Balaban J connectivity index is 1.26. The third-order valence-corrected chi connectivity index (χ3v) is 7.22. The van der Waals surface area contributed by atoms with Gasteiger partial charge in [-0.25, -0.2) is 4.98 Å². The van der Waals surface area contributed by atoms with Crippen LogP contribution >= 0.6 is 11.3 Å². The topological polar surface area (TPSA) is 96.2 Å². The van der Waals surface area contributed by atoms with Crippen LogP contribution in [0.2, 0.25) is 0 Å². The molecule has 0 saturated carbocycles. The van der Waals surface area contributed by atoms with Gasteiger partial charge in [0.25, 0.3) is 0 Å². The van der Waals surface area contributed by atoms with E-state index < -0.39 is 5.91 Å². The number of benzene rings is 4. The number of amides is 1. The van der Waals surface area contributed by atoms with Gasteiger partial charge in [0.2, 0.25) is 5.13 Å².